The second kappa shape index (κ2) is 6.55. The fraction of sp³-hybridized carbons (Fsp3) is 0.150. The summed E-state index contributed by atoms with van der Waals surface area (Å²) in [6.45, 7) is 5.90. The Morgan fingerprint density at radius 1 is 1.22 bits per heavy atom. The van der Waals surface area contributed by atoms with Crippen molar-refractivity contribution in [1.82, 2.24) is 9.47 Å². The molecule has 136 valence electrons. The molecule has 7 heteroatoms. The number of thioether (sulfide) groups is 1. The molecule has 3 heterocycles. The van der Waals surface area contributed by atoms with Gasteiger partial charge in [-0.1, -0.05) is 29.4 Å². The minimum atomic E-state index is -0.380. The van der Waals surface area contributed by atoms with E-state index in [1.54, 1.807) is 11.0 Å². The maximum absolute atomic E-state index is 12.5. The first-order valence-corrected chi connectivity index (χ1v) is 9.64. The van der Waals surface area contributed by atoms with Gasteiger partial charge in [0.2, 0.25) is 0 Å². The molecule has 0 aliphatic carbocycles. The van der Waals surface area contributed by atoms with Crippen LogP contribution in [0.25, 0.3) is 11.8 Å². The molecule has 0 unspecified atom stereocenters. The Bertz CT molecular complexity index is 1090. The highest BCUT2D eigenvalue weighted by Crippen LogP contribution is 2.32. The zero-order valence-corrected chi connectivity index (χ0v) is 16.6. The molecule has 0 atom stereocenters. The Labute approximate surface area is 166 Å². The number of aryl methyl sites for hydroxylation is 1. The Balaban J connectivity index is 1.79. The number of rotatable bonds is 2. The highest BCUT2D eigenvalue weighted by molar-refractivity contribution is 8.16. The number of halogens is 1. The van der Waals surface area contributed by atoms with Crippen molar-refractivity contribution >= 4 is 46.3 Å². The van der Waals surface area contributed by atoms with E-state index in [9.17, 15) is 4.79 Å². The molecule has 0 saturated carbocycles. The molecule has 0 bridgehead atoms. The zero-order valence-electron chi connectivity index (χ0n) is 15.1. The largest absolute Gasteiger partial charge is 0.318 e. The van der Waals surface area contributed by atoms with E-state index in [2.05, 4.69) is 9.56 Å². The topological polar surface area (TPSA) is 61.5 Å². The van der Waals surface area contributed by atoms with Crippen LogP contribution in [0.4, 0.5) is 0 Å². The SMILES string of the molecule is CC1=CSC2=NC(=O)/C(=C\c3cc(C)n(-c4cccc(Cl)c4)c3C)C(=N)N12. The molecule has 2 aromatic rings. The van der Waals surface area contributed by atoms with E-state index in [1.807, 2.05) is 56.5 Å². The van der Waals surface area contributed by atoms with Crippen molar-refractivity contribution in [3.8, 4) is 5.69 Å². The summed E-state index contributed by atoms with van der Waals surface area (Å²) in [5, 5.41) is 11.6. The van der Waals surface area contributed by atoms with Gasteiger partial charge >= 0.3 is 0 Å². The number of benzene rings is 1. The van der Waals surface area contributed by atoms with Gasteiger partial charge in [-0.2, -0.15) is 4.99 Å². The van der Waals surface area contributed by atoms with Crippen molar-refractivity contribution in [2.45, 2.75) is 20.8 Å². The minimum absolute atomic E-state index is 0.163. The van der Waals surface area contributed by atoms with E-state index in [-0.39, 0.29) is 11.7 Å². The number of aliphatic imine (C=N–C) groups is 1. The smallest absolute Gasteiger partial charge is 0.283 e. The predicted molar refractivity (Wildman–Crippen MR) is 112 cm³/mol. The number of nitrogens with one attached hydrogen (secondary N) is 1. The van der Waals surface area contributed by atoms with Crippen molar-refractivity contribution in [1.29, 1.82) is 5.41 Å². The summed E-state index contributed by atoms with van der Waals surface area (Å²) in [7, 11) is 0. The molecular weight excluding hydrogens is 380 g/mol. The van der Waals surface area contributed by atoms with Crippen molar-refractivity contribution in [2.24, 2.45) is 4.99 Å². The molecule has 2 aliphatic heterocycles. The van der Waals surface area contributed by atoms with Gasteiger partial charge in [-0.15, -0.1) is 0 Å². The second-order valence-corrected chi connectivity index (χ2v) is 7.73. The number of carbonyl (C=O) groups excluding carboxylic acids is 1. The maximum atomic E-state index is 12.5. The number of allylic oxidation sites excluding steroid dienone is 1. The first-order valence-electron chi connectivity index (χ1n) is 8.39. The quantitative estimate of drug-likeness (QED) is 0.733. The zero-order chi connectivity index (χ0) is 19.3. The molecule has 1 aromatic carbocycles. The van der Waals surface area contributed by atoms with Crippen molar-refractivity contribution in [3.05, 3.63) is 69.0 Å². The van der Waals surface area contributed by atoms with Gasteiger partial charge in [0, 0.05) is 27.8 Å². The first-order chi connectivity index (χ1) is 12.9. The number of amidine groups is 2. The highest BCUT2D eigenvalue weighted by atomic mass is 35.5. The summed E-state index contributed by atoms with van der Waals surface area (Å²) in [4.78, 5) is 18.3. The van der Waals surface area contributed by atoms with E-state index in [4.69, 9.17) is 17.0 Å². The molecule has 4 rings (SSSR count). The summed E-state index contributed by atoms with van der Waals surface area (Å²) in [6, 6.07) is 9.64. The number of hydrogen-bond donors (Lipinski definition) is 1. The normalized spacial score (nSPS) is 18.1. The van der Waals surface area contributed by atoms with Crippen LogP contribution < -0.4 is 0 Å². The monoisotopic (exact) mass is 396 g/mol. The van der Waals surface area contributed by atoms with E-state index in [1.165, 1.54) is 11.8 Å². The molecule has 1 aromatic heterocycles. The lowest BCUT2D eigenvalue weighted by Gasteiger charge is -2.25. The molecule has 1 amide bonds. The van der Waals surface area contributed by atoms with Gasteiger partial charge < -0.3 is 4.57 Å². The molecule has 27 heavy (non-hydrogen) atoms. The molecule has 0 spiro atoms. The molecule has 5 nitrogen and oxygen atoms in total. The Morgan fingerprint density at radius 3 is 2.74 bits per heavy atom. The third-order valence-corrected chi connectivity index (χ3v) is 5.80. The highest BCUT2D eigenvalue weighted by Gasteiger charge is 2.34. The predicted octanol–water partition coefficient (Wildman–Crippen LogP) is 4.91. The third kappa shape index (κ3) is 2.95. The van der Waals surface area contributed by atoms with Gasteiger partial charge in [-0.25, -0.2) is 0 Å². The molecule has 0 saturated heterocycles. The van der Waals surface area contributed by atoms with Crippen LogP contribution in [-0.4, -0.2) is 26.4 Å². The number of fused-ring (bicyclic) bond motifs is 1. The number of amides is 1. The van der Waals surface area contributed by atoms with Gasteiger partial charge in [0.1, 0.15) is 5.84 Å². The summed E-state index contributed by atoms with van der Waals surface area (Å²) < 4.78 is 2.08. The van der Waals surface area contributed by atoms with E-state index < -0.39 is 0 Å². The standard InChI is InChI=1S/C20H17ClN4OS/c1-11-7-14(13(3)24(11)16-6-4-5-15(21)9-16)8-17-18(22)25-12(2)10-27-20(25)23-19(17)26/h4-10,22H,1-3H3/b17-8-,22-18?. The van der Waals surface area contributed by atoms with Crippen LogP contribution in [0.3, 0.4) is 0 Å². The third-order valence-electron chi connectivity index (χ3n) is 4.62. The summed E-state index contributed by atoms with van der Waals surface area (Å²) in [5.41, 5.74) is 5.02. The fourth-order valence-corrected chi connectivity index (χ4v) is 4.39. The van der Waals surface area contributed by atoms with Gasteiger partial charge in [0.05, 0.1) is 5.57 Å². The lowest BCUT2D eigenvalue weighted by Crippen LogP contribution is -2.37. The summed E-state index contributed by atoms with van der Waals surface area (Å²) in [6.07, 6.45) is 1.75. The van der Waals surface area contributed by atoms with Crippen molar-refractivity contribution in [3.63, 3.8) is 0 Å². The van der Waals surface area contributed by atoms with Crippen LogP contribution in [0.5, 0.6) is 0 Å². The average molecular weight is 397 g/mol. The fourth-order valence-electron chi connectivity index (χ4n) is 3.34. The van der Waals surface area contributed by atoms with Gasteiger partial charge in [0.15, 0.2) is 5.17 Å². The van der Waals surface area contributed by atoms with Crippen molar-refractivity contribution in [2.75, 3.05) is 0 Å². The van der Waals surface area contributed by atoms with E-state index >= 15 is 0 Å². The number of aromatic nitrogens is 1. The van der Waals surface area contributed by atoms with Crippen LogP contribution in [0.1, 0.15) is 23.9 Å². The molecule has 0 radical (unpaired) electrons. The van der Waals surface area contributed by atoms with Crippen LogP contribution in [-0.2, 0) is 4.79 Å². The van der Waals surface area contributed by atoms with Crippen LogP contribution in [0.15, 0.2) is 52.0 Å². The number of hydrogen-bond acceptors (Lipinski definition) is 3. The lowest BCUT2D eigenvalue weighted by atomic mass is 10.1. The van der Waals surface area contributed by atoms with E-state index in [0.29, 0.717) is 15.8 Å². The minimum Gasteiger partial charge on any atom is -0.318 e. The van der Waals surface area contributed by atoms with Gasteiger partial charge in [-0.3, -0.25) is 15.1 Å². The van der Waals surface area contributed by atoms with Gasteiger partial charge in [0.25, 0.3) is 5.91 Å². The second-order valence-electron chi connectivity index (χ2n) is 6.46. The first kappa shape index (κ1) is 17.8. The molecule has 0 fully saturated rings. The van der Waals surface area contributed by atoms with Crippen molar-refractivity contribution < 1.29 is 4.79 Å². The molecule has 2 aliphatic rings. The van der Waals surface area contributed by atoms with Crippen LogP contribution in [0, 0.1) is 19.3 Å². The van der Waals surface area contributed by atoms with E-state index in [0.717, 1.165) is 28.3 Å². The maximum Gasteiger partial charge on any atom is 0.283 e. The Hall–Kier alpha value is -2.57. The van der Waals surface area contributed by atoms with Crippen LogP contribution >= 0.6 is 23.4 Å². The molecule has 1 N–H and O–H groups in total. The Morgan fingerprint density at radius 2 is 2.00 bits per heavy atom. The summed E-state index contributed by atoms with van der Waals surface area (Å²) >= 11 is 7.51. The number of carbonyl (C=O) groups is 1. The van der Waals surface area contributed by atoms with Crippen LogP contribution in [0.2, 0.25) is 5.02 Å². The lowest BCUT2D eigenvalue weighted by molar-refractivity contribution is -0.114. The average Bonchev–Trinajstić information content (AvgIpc) is 3.11. The Kier molecular flexibility index (Phi) is 4.32. The number of nitrogens with zero attached hydrogens (tertiary/aromatic N) is 3. The molecular formula is C20H17ClN4OS. The van der Waals surface area contributed by atoms with Gasteiger partial charge in [-0.05, 0) is 62.1 Å². The summed E-state index contributed by atoms with van der Waals surface area (Å²) in [5.74, 6) is -0.217.